The van der Waals surface area contributed by atoms with Crippen molar-refractivity contribution in [1.82, 2.24) is 0 Å². The van der Waals surface area contributed by atoms with Gasteiger partial charge >= 0.3 is 5.97 Å². The number of hydrogen-bond acceptors (Lipinski definition) is 4. The molecule has 0 aromatic heterocycles. The second-order valence-electron chi connectivity index (χ2n) is 1.76. The third-order valence-electron chi connectivity index (χ3n) is 0.971. The van der Waals surface area contributed by atoms with Crippen molar-refractivity contribution in [2.24, 2.45) is 5.73 Å². The number of carboxylic acid groups (broad SMARTS) is 1. The maximum Gasteiger partial charge on any atom is 0.328 e. The Kier molecular flexibility index (Phi) is 4.06. The summed E-state index contributed by atoms with van der Waals surface area (Å²) in [5, 5.41) is 8.21. The zero-order valence-corrected chi connectivity index (χ0v) is 6.17. The Hall–Kier alpha value is -0.550. The summed E-state index contributed by atoms with van der Waals surface area (Å²) in [6, 6.07) is -1.38. The number of thiol groups is 1. The minimum absolute atomic E-state index is 0.108. The summed E-state index contributed by atoms with van der Waals surface area (Å²) in [6.45, 7) is 0. The van der Waals surface area contributed by atoms with Crippen LogP contribution in [0.5, 0.6) is 0 Å². The second-order valence-corrected chi connectivity index (χ2v) is 2.20. The molecule has 3 N–H and O–H groups in total. The van der Waals surface area contributed by atoms with Crippen molar-refractivity contribution < 1.29 is 14.7 Å². The molecule has 0 aliphatic heterocycles. The van der Waals surface area contributed by atoms with Crippen LogP contribution >= 0.6 is 12.6 Å². The van der Waals surface area contributed by atoms with Gasteiger partial charge in [-0.1, -0.05) is 0 Å². The van der Waals surface area contributed by atoms with E-state index in [0.717, 1.165) is 0 Å². The van der Waals surface area contributed by atoms with Gasteiger partial charge in [0.1, 0.15) is 0 Å². The minimum Gasteiger partial charge on any atom is -0.480 e. The molecule has 0 spiro atoms. The van der Waals surface area contributed by atoms with E-state index >= 15 is 0 Å². The molecule has 0 radical (unpaired) electrons. The average molecular weight is 163 g/mol. The molecule has 58 valence electrons. The van der Waals surface area contributed by atoms with Gasteiger partial charge in [0.15, 0.2) is 11.8 Å². The van der Waals surface area contributed by atoms with Crippen LogP contribution in [0.3, 0.4) is 0 Å². The molecule has 0 rings (SSSR count). The van der Waals surface area contributed by atoms with Crippen molar-refractivity contribution in [3.63, 3.8) is 0 Å². The fraction of sp³-hybridized carbons (Fsp3) is 0.600. The van der Waals surface area contributed by atoms with E-state index in [1.54, 1.807) is 0 Å². The summed E-state index contributed by atoms with van der Waals surface area (Å²) < 4.78 is 0. The lowest BCUT2D eigenvalue weighted by Crippen LogP contribution is -2.38. The van der Waals surface area contributed by atoms with E-state index in [2.05, 4.69) is 12.6 Å². The van der Waals surface area contributed by atoms with E-state index in [4.69, 9.17) is 10.8 Å². The summed E-state index contributed by atoms with van der Waals surface area (Å²) in [4.78, 5) is 20.7. The monoisotopic (exact) mass is 163 g/mol. The molecule has 1 unspecified atom stereocenters. The topological polar surface area (TPSA) is 80.4 Å². The van der Waals surface area contributed by atoms with Gasteiger partial charge in [0.25, 0.3) is 0 Å². The van der Waals surface area contributed by atoms with Crippen LogP contribution in [0.4, 0.5) is 0 Å². The van der Waals surface area contributed by atoms with Crippen molar-refractivity contribution in [2.75, 3.05) is 5.75 Å². The quantitative estimate of drug-likeness (QED) is 0.377. The molecular formula is C5H9NO3S. The third kappa shape index (κ3) is 2.84. The highest BCUT2D eigenvalue weighted by molar-refractivity contribution is 7.80. The van der Waals surface area contributed by atoms with E-state index in [-0.39, 0.29) is 6.42 Å². The van der Waals surface area contributed by atoms with Crippen molar-refractivity contribution in [1.29, 1.82) is 0 Å². The van der Waals surface area contributed by atoms with Gasteiger partial charge in [-0.25, -0.2) is 0 Å². The maximum absolute atomic E-state index is 10.6. The Morgan fingerprint density at radius 3 is 2.40 bits per heavy atom. The molecule has 4 nitrogen and oxygen atoms in total. The lowest BCUT2D eigenvalue weighted by atomic mass is 10.1. The smallest absolute Gasteiger partial charge is 0.328 e. The molecule has 0 aliphatic carbocycles. The molecule has 0 amide bonds. The second kappa shape index (κ2) is 4.29. The van der Waals surface area contributed by atoms with Crippen LogP contribution < -0.4 is 5.73 Å². The van der Waals surface area contributed by atoms with Gasteiger partial charge in [0.2, 0.25) is 0 Å². The van der Waals surface area contributed by atoms with Crippen LogP contribution in [0.15, 0.2) is 0 Å². The van der Waals surface area contributed by atoms with Gasteiger partial charge in [0.05, 0.1) is 0 Å². The first-order valence-corrected chi connectivity index (χ1v) is 3.34. The number of hydrogen-bond donors (Lipinski definition) is 3. The first-order valence-electron chi connectivity index (χ1n) is 2.71. The number of nitrogens with two attached hydrogens (primary N) is 1. The number of aliphatic carboxylic acids is 1. The van der Waals surface area contributed by atoms with Crippen LogP contribution in [0.1, 0.15) is 6.42 Å². The van der Waals surface area contributed by atoms with Crippen molar-refractivity contribution in [3.05, 3.63) is 0 Å². The first kappa shape index (κ1) is 9.45. The number of carbonyl (C=O) groups excluding carboxylic acids is 1. The molecule has 0 saturated carbocycles. The maximum atomic E-state index is 10.6. The van der Waals surface area contributed by atoms with Gasteiger partial charge < -0.3 is 10.8 Å². The van der Waals surface area contributed by atoms with Crippen LogP contribution in [-0.4, -0.2) is 28.7 Å². The number of carboxylic acids is 1. The lowest BCUT2D eigenvalue weighted by Gasteiger charge is -2.01. The van der Waals surface area contributed by atoms with Gasteiger partial charge in [-0.3, -0.25) is 9.59 Å². The molecule has 0 fully saturated rings. The summed E-state index contributed by atoms with van der Waals surface area (Å²) in [6.07, 6.45) is 0.108. The van der Waals surface area contributed by atoms with Crippen LogP contribution in [0, 0.1) is 0 Å². The van der Waals surface area contributed by atoms with E-state index in [0.29, 0.717) is 5.75 Å². The summed E-state index contributed by atoms with van der Waals surface area (Å²) in [5.41, 5.74) is 4.96. The number of Topliss-reactive ketones (excluding diaryl/α,β-unsaturated/α-hetero) is 1. The van der Waals surface area contributed by atoms with Gasteiger partial charge in [-0.15, -0.1) is 0 Å². The largest absolute Gasteiger partial charge is 0.480 e. The highest BCUT2D eigenvalue weighted by Crippen LogP contribution is 1.90. The fourth-order valence-electron chi connectivity index (χ4n) is 0.403. The third-order valence-corrected chi connectivity index (χ3v) is 1.19. The molecule has 0 heterocycles. The highest BCUT2D eigenvalue weighted by Gasteiger charge is 2.19. The summed E-state index contributed by atoms with van der Waals surface area (Å²) in [5.74, 6) is -1.44. The number of carbonyl (C=O) groups is 2. The molecule has 1 atom stereocenters. The molecule has 0 saturated heterocycles. The van der Waals surface area contributed by atoms with Crippen molar-refractivity contribution in [2.45, 2.75) is 12.5 Å². The molecular weight excluding hydrogens is 154 g/mol. The molecule has 5 heteroatoms. The number of rotatable bonds is 4. The summed E-state index contributed by atoms with van der Waals surface area (Å²) >= 11 is 3.75. The Morgan fingerprint density at radius 2 is 2.10 bits per heavy atom. The van der Waals surface area contributed by atoms with Crippen LogP contribution in [0.25, 0.3) is 0 Å². The lowest BCUT2D eigenvalue weighted by molar-refractivity contribution is -0.142. The number of ketones is 1. The highest BCUT2D eigenvalue weighted by atomic mass is 32.1. The predicted molar refractivity (Wildman–Crippen MR) is 39.1 cm³/mol. The Balaban J connectivity index is 3.82. The Morgan fingerprint density at radius 1 is 1.60 bits per heavy atom. The zero-order chi connectivity index (χ0) is 8.15. The molecule has 0 aromatic rings. The summed E-state index contributed by atoms with van der Waals surface area (Å²) in [7, 11) is 0. The SMILES string of the molecule is NC(C(=O)O)C(=O)CCS. The van der Waals surface area contributed by atoms with Crippen molar-refractivity contribution in [3.8, 4) is 0 Å². The van der Waals surface area contributed by atoms with E-state index < -0.39 is 17.8 Å². The molecule has 0 aliphatic rings. The zero-order valence-electron chi connectivity index (χ0n) is 5.28. The molecule has 0 bridgehead atoms. The van der Waals surface area contributed by atoms with Gasteiger partial charge in [0, 0.05) is 6.42 Å². The van der Waals surface area contributed by atoms with E-state index in [1.165, 1.54) is 0 Å². The molecule has 0 aromatic carbocycles. The van der Waals surface area contributed by atoms with Gasteiger partial charge in [-0.2, -0.15) is 12.6 Å². The Labute approximate surface area is 63.8 Å². The van der Waals surface area contributed by atoms with E-state index in [1.807, 2.05) is 0 Å². The normalized spacial score (nSPS) is 12.6. The predicted octanol–water partition coefficient (Wildman–Crippen LogP) is -0.713. The Bertz CT molecular complexity index is 148. The van der Waals surface area contributed by atoms with Crippen LogP contribution in [0.2, 0.25) is 0 Å². The van der Waals surface area contributed by atoms with Crippen molar-refractivity contribution >= 4 is 24.4 Å². The first-order chi connectivity index (χ1) is 4.59. The van der Waals surface area contributed by atoms with E-state index in [9.17, 15) is 9.59 Å². The fourth-order valence-corrected chi connectivity index (χ4v) is 0.624. The standard InChI is InChI=1S/C5H9NO3S/c6-4(5(8)9)3(7)1-2-10/h4,10H,1-2,6H2,(H,8,9). The average Bonchev–Trinajstić information content (AvgIpc) is 1.87. The van der Waals surface area contributed by atoms with Gasteiger partial charge in [-0.05, 0) is 5.75 Å². The minimum atomic E-state index is -1.38. The molecule has 10 heavy (non-hydrogen) atoms. The van der Waals surface area contributed by atoms with Crippen LogP contribution in [-0.2, 0) is 9.59 Å².